The highest BCUT2D eigenvalue weighted by Crippen LogP contribution is 2.20. The van der Waals surface area contributed by atoms with Crippen LogP contribution in [0.1, 0.15) is 94.9 Å². The molecule has 19 N–H and O–H groups in total. The van der Waals surface area contributed by atoms with Crippen LogP contribution in [-0.4, -0.2) is 147 Å². The number of guanidine groups is 1. The molecular formula is C53H76N16O11. The van der Waals surface area contributed by atoms with Gasteiger partial charge in [0, 0.05) is 68.1 Å². The highest BCUT2D eigenvalue weighted by atomic mass is 16.4. The predicted molar refractivity (Wildman–Crippen MR) is 295 cm³/mol. The van der Waals surface area contributed by atoms with E-state index in [1.165, 1.54) is 19.4 Å². The van der Waals surface area contributed by atoms with Gasteiger partial charge in [0.15, 0.2) is 5.96 Å². The molecule has 27 heteroatoms. The molecule has 7 atom stereocenters. The van der Waals surface area contributed by atoms with E-state index < -0.39 is 121 Å². The molecule has 2 heterocycles. The minimum atomic E-state index is -1.50. The Hall–Kier alpha value is -8.88. The second kappa shape index (κ2) is 33.4. The lowest BCUT2D eigenvalue weighted by Crippen LogP contribution is -2.60. The van der Waals surface area contributed by atoms with Crippen LogP contribution in [0.15, 0.2) is 78.3 Å². The smallest absolute Gasteiger partial charge is 0.303 e. The summed E-state index contributed by atoms with van der Waals surface area (Å²) in [6.45, 7) is 2.90. The third-order valence-corrected chi connectivity index (χ3v) is 12.7. The summed E-state index contributed by atoms with van der Waals surface area (Å²) in [7, 11) is 0. The van der Waals surface area contributed by atoms with E-state index in [0.717, 1.165) is 10.9 Å². The lowest BCUT2D eigenvalue weighted by Gasteiger charge is -2.28. The maximum Gasteiger partial charge on any atom is 0.303 e. The number of primary amides is 1. The van der Waals surface area contributed by atoms with Crippen LogP contribution >= 0.6 is 0 Å². The SMILES string of the molecule is CCCC[C@H](NC(C)=O)C(=O)N[C@@H](CCC(=O)O)C(=O)N[C@@H](Cc1cnc[nH]1)C(=O)N[C@@H](Cc1ccccc1)C(=O)N[C@H](CCCN=C(N)N)C(=O)N[C@@H](Cc1c[nH]c2ccccc12)C(=O)NCC(=O)N[C@@H](CCCCN)C(N)=O. The Bertz CT molecular complexity index is 2730. The summed E-state index contributed by atoms with van der Waals surface area (Å²) >= 11 is 0. The number of nitrogens with zero attached hydrogens (tertiary/aromatic N) is 2. The van der Waals surface area contributed by atoms with Gasteiger partial charge in [-0.25, -0.2) is 4.98 Å². The fraction of sp³-hybridized carbons (Fsp3) is 0.472. The van der Waals surface area contributed by atoms with Crippen molar-refractivity contribution in [2.24, 2.45) is 27.9 Å². The van der Waals surface area contributed by atoms with Gasteiger partial charge in [0.05, 0.1) is 12.9 Å². The Morgan fingerprint density at radius 1 is 0.613 bits per heavy atom. The Labute approximate surface area is 462 Å². The zero-order chi connectivity index (χ0) is 58.6. The molecule has 4 rings (SSSR count). The van der Waals surface area contributed by atoms with Crippen molar-refractivity contribution in [1.82, 2.24) is 57.5 Å². The first-order valence-electron chi connectivity index (χ1n) is 26.5. The van der Waals surface area contributed by atoms with E-state index in [4.69, 9.17) is 22.9 Å². The second-order valence-corrected chi connectivity index (χ2v) is 19.1. The molecule has 2 aromatic heterocycles. The van der Waals surface area contributed by atoms with Gasteiger partial charge in [-0.1, -0.05) is 68.3 Å². The third-order valence-electron chi connectivity index (χ3n) is 12.7. The van der Waals surface area contributed by atoms with Crippen LogP contribution in [0.5, 0.6) is 0 Å². The number of unbranched alkanes of at least 4 members (excludes halogenated alkanes) is 2. The van der Waals surface area contributed by atoms with Gasteiger partial charge in [-0.2, -0.15) is 0 Å². The molecule has 2 aromatic carbocycles. The Morgan fingerprint density at radius 2 is 1.18 bits per heavy atom. The van der Waals surface area contributed by atoms with Gasteiger partial charge < -0.3 is 80.5 Å². The van der Waals surface area contributed by atoms with Crippen LogP contribution < -0.4 is 65.5 Å². The van der Waals surface area contributed by atoms with E-state index in [-0.39, 0.29) is 57.5 Å². The summed E-state index contributed by atoms with van der Waals surface area (Å²) < 4.78 is 0. The van der Waals surface area contributed by atoms with Crippen molar-refractivity contribution in [3.05, 3.63) is 90.1 Å². The van der Waals surface area contributed by atoms with Crippen molar-refractivity contribution in [2.45, 2.75) is 140 Å². The molecule has 0 bridgehead atoms. The number of aromatic amines is 2. The lowest BCUT2D eigenvalue weighted by molar-refractivity contribution is -0.138. The van der Waals surface area contributed by atoms with Crippen molar-refractivity contribution < 1.29 is 53.1 Å². The van der Waals surface area contributed by atoms with Gasteiger partial charge in [0.1, 0.15) is 42.3 Å². The molecule has 80 heavy (non-hydrogen) atoms. The molecule has 4 aromatic rings. The minimum Gasteiger partial charge on any atom is -0.481 e. The molecule has 0 spiro atoms. The Kier molecular flexibility index (Phi) is 26.6. The van der Waals surface area contributed by atoms with Crippen LogP contribution in [0.2, 0.25) is 0 Å². The zero-order valence-corrected chi connectivity index (χ0v) is 45.0. The maximum atomic E-state index is 14.7. The largest absolute Gasteiger partial charge is 0.481 e. The number of H-pyrrole nitrogens is 2. The molecule has 0 unspecified atom stereocenters. The molecule has 27 nitrogen and oxygen atoms in total. The van der Waals surface area contributed by atoms with Crippen molar-refractivity contribution in [2.75, 3.05) is 19.6 Å². The number of nitrogens with one attached hydrogen (secondary N) is 10. The van der Waals surface area contributed by atoms with Gasteiger partial charge in [0.25, 0.3) is 0 Å². The number of carboxylic acid groups (broad SMARTS) is 1. The molecule has 0 aliphatic carbocycles. The molecule has 0 radical (unpaired) electrons. The number of para-hydroxylation sites is 1. The van der Waals surface area contributed by atoms with E-state index in [2.05, 4.69) is 62.5 Å². The van der Waals surface area contributed by atoms with Crippen LogP contribution in [0.25, 0.3) is 10.9 Å². The van der Waals surface area contributed by atoms with E-state index in [0.29, 0.717) is 49.0 Å². The van der Waals surface area contributed by atoms with Crippen LogP contribution in [0.4, 0.5) is 0 Å². The van der Waals surface area contributed by atoms with E-state index in [9.17, 15) is 53.1 Å². The molecule has 0 saturated heterocycles. The predicted octanol–water partition coefficient (Wildman–Crippen LogP) is -1.83. The van der Waals surface area contributed by atoms with Crippen molar-refractivity contribution in [3.8, 4) is 0 Å². The van der Waals surface area contributed by atoms with Crippen molar-refractivity contribution in [1.29, 1.82) is 0 Å². The lowest BCUT2D eigenvalue weighted by atomic mass is 10.0. The fourth-order valence-electron chi connectivity index (χ4n) is 8.52. The Morgan fingerprint density at radius 3 is 1.76 bits per heavy atom. The first-order valence-corrected chi connectivity index (χ1v) is 26.5. The molecule has 0 aliphatic heterocycles. The van der Waals surface area contributed by atoms with Gasteiger partial charge in [-0.3, -0.25) is 52.9 Å². The van der Waals surface area contributed by atoms with Gasteiger partial charge in [-0.05, 0) is 68.7 Å². The van der Waals surface area contributed by atoms with Crippen molar-refractivity contribution >= 4 is 76.0 Å². The summed E-state index contributed by atoms with van der Waals surface area (Å²) in [6.07, 6.45) is 5.74. The minimum absolute atomic E-state index is 0.0224. The number of nitrogens with two attached hydrogens (primary N) is 4. The second-order valence-electron chi connectivity index (χ2n) is 19.1. The van der Waals surface area contributed by atoms with Gasteiger partial charge in [0.2, 0.25) is 53.2 Å². The third kappa shape index (κ3) is 22.2. The number of fused-ring (bicyclic) bond motifs is 1. The maximum absolute atomic E-state index is 14.7. The normalized spacial score (nSPS) is 13.6. The summed E-state index contributed by atoms with van der Waals surface area (Å²) in [5, 5.41) is 31.3. The molecule has 0 saturated carbocycles. The number of carbonyl (C=O) groups excluding carboxylic acids is 9. The first kappa shape index (κ1) is 63.7. The number of aliphatic imine (C=N–C) groups is 1. The zero-order valence-electron chi connectivity index (χ0n) is 45.0. The molecular weight excluding hydrogens is 1040 g/mol. The molecule has 434 valence electrons. The number of carbonyl (C=O) groups is 10. The number of aromatic nitrogens is 3. The number of hydrogen-bond acceptors (Lipinski definition) is 13. The van der Waals surface area contributed by atoms with Crippen LogP contribution in [0, 0.1) is 0 Å². The average Bonchev–Trinajstić information content (AvgIpc) is 4.11. The number of carboxylic acids is 1. The number of aliphatic carboxylic acids is 1. The van der Waals surface area contributed by atoms with Crippen LogP contribution in [-0.2, 0) is 67.2 Å². The topological polar surface area (TPSA) is 448 Å². The quantitative estimate of drug-likeness (QED) is 0.0135. The Balaban J connectivity index is 1.66. The van der Waals surface area contributed by atoms with Crippen LogP contribution in [0.3, 0.4) is 0 Å². The standard InChI is InChI=1S/C53H76N16O11/c1-3-4-16-38(63-31(2)70)48(76)66-40(20-21-45(72)73)50(78)69-43(26-34-28-58-30-62-34)52(80)67-41(24-32-13-6-5-7-14-32)51(79)65-39(19-12-23-59-53(56)57)49(77)68-42(25-33-27-60-36-17-9-8-15-35(33)36)47(75)61-29-44(71)64-37(46(55)74)18-10-11-22-54/h5-9,13-15,17,27-28,30,37-43,60H,3-4,10-12,16,18-26,29,54H2,1-2H3,(H2,55,74)(H,58,62)(H,61,75)(H,63,70)(H,64,71)(H,65,79)(H,66,76)(H,67,80)(H,68,77)(H,69,78)(H,72,73)(H4,56,57,59)/t37-,38-,39+,40-,41-,42-,43-/m0/s1. The number of amides is 9. The number of rotatable bonds is 36. The summed E-state index contributed by atoms with van der Waals surface area (Å²) in [5.41, 5.74) is 24.6. The monoisotopic (exact) mass is 1110 g/mol. The number of hydrogen-bond donors (Lipinski definition) is 15. The summed E-state index contributed by atoms with van der Waals surface area (Å²) in [4.78, 5) is 149. The first-order chi connectivity index (χ1) is 38.3. The summed E-state index contributed by atoms with van der Waals surface area (Å²) in [6, 6.07) is 6.48. The summed E-state index contributed by atoms with van der Waals surface area (Å²) in [5.74, 6) is -8.62. The highest BCUT2D eigenvalue weighted by Gasteiger charge is 2.34. The number of benzene rings is 2. The highest BCUT2D eigenvalue weighted by molar-refractivity contribution is 5.98. The number of imidazole rings is 1. The van der Waals surface area contributed by atoms with Gasteiger partial charge in [-0.15, -0.1) is 0 Å². The van der Waals surface area contributed by atoms with E-state index >= 15 is 0 Å². The van der Waals surface area contributed by atoms with E-state index in [1.54, 1.807) is 42.6 Å². The molecule has 0 aliphatic rings. The average molecular weight is 1110 g/mol. The van der Waals surface area contributed by atoms with Crippen molar-refractivity contribution in [3.63, 3.8) is 0 Å². The fourth-order valence-corrected chi connectivity index (χ4v) is 8.52. The molecule has 9 amide bonds. The molecule has 0 fully saturated rings. The van der Waals surface area contributed by atoms with Gasteiger partial charge >= 0.3 is 5.97 Å². The van der Waals surface area contributed by atoms with E-state index in [1.807, 2.05) is 25.1 Å².